The van der Waals surface area contributed by atoms with Crippen LogP contribution in [0.2, 0.25) is 0 Å². The number of fused-ring (bicyclic) bond motifs is 1. The maximum Gasteiger partial charge on any atom is 0.336 e. The van der Waals surface area contributed by atoms with E-state index >= 15 is 0 Å². The van der Waals surface area contributed by atoms with Gasteiger partial charge in [0, 0.05) is 17.1 Å². The highest BCUT2D eigenvalue weighted by atomic mass is 16.6. The van der Waals surface area contributed by atoms with Crippen LogP contribution in [-0.2, 0) is 6.54 Å². The SMILES string of the molecule is Cc1nonc1Cn1ccc2c(C(=O)O)cccc21. The normalized spacial score (nSPS) is 11.0. The predicted octanol–water partition coefficient (Wildman–Crippen LogP) is 2.08. The first kappa shape index (κ1) is 11.5. The Labute approximate surface area is 108 Å². The van der Waals surface area contributed by atoms with Crippen LogP contribution in [0.1, 0.15) is 21.7 Å². The molecular weight excluding hydrogens is 246 g/mol. The molecule has 0 aliphatic heterocycles. The van der Waals surface area contributed by atoms with Gasteiger partial charge in [0.05, 0.1) is 12.1 Å². The maximum absolute atomic E-state index is 11.1. The van der Waals surface area contributed by atoms with Crippen LogP contribution in [0.3, 0.4) is 0 Å². The molecule has 96 valence electrons. The van der Waals surface area contributed by atoms with E-state index in [-0.39, 0.29) is 0 Å². The molecule has 0 amide bonds. The van der Waals surface area contributed by atoms with E-state index in [2.05, 4.69) is 14.9 Å². The van der Waals surface area contributed by atoms with Crippen molar-refractivity contribution in [1.29, 1.82) is 0 Å². The van der Waals surface area contributed by atoms with Crippen molar-refractivity contribution in [3.05, 3.63) is 47.4 Å². The molecule has 3 rings (SSSR count). The van der Waals surface area contributed by atoms with Gasteiger partial charge in [0.2, 0.25) is 0 Å². The molecule has 1 N–H and O–H groups in total. The summed E-state index contributed by atoms with van der Waals surface area (Å²) in [6.45, 7) is 2.32. The van der Waals surface area contributed by atoms with Crippen molar-refractivity contribution in [3.63, 3.8) is 0 Å². The zero-order valence-corrected chi connectivity index (χ0v) is 10.2. The fourth-order valence-corrected chi connectivity index (χ4v) is 2.10. The van der Waals surface area contributed by atoms with Crippen LogP contribution < -0.4 is 0 Å². The Bertz CT molecular complexity index is 757. The monoisotopic (exact) mass is 257 g/mol. The topological polar surface area (TPSA) is 81.2 Å². The number of carbonyl (C=O) groups is 1. The highest BCUT2D eigenvalue weighted by Crippen LogP contribution is 2.21. The number of hydrogen-bond acceptors (Lipinski definition) is 4. The maximum atomic E-state index is 11.1. The first-order valence-corrected chi connectivity index (χ1v) is 5.76. The lowest BCUT2D eigenvalue weighted by atomic mass is 10.1. The Morgan fingerprint density at radius 1 is 1.37 bits per heavy atom. The molecule has 3 aromatic rings. The number of nitrogens with zero attached hydrogens (tertiary/aromatic N) is 3. The number of rotatable bonds is 3. The predicted molar refractivity (Wildman–Crippen MR) is 67.0 cm³/mol. The van der Waals surface area contributed by atoms with E-state index in [1.54, 1.807) is 18.2 Å². The number of hydrogen-bond donors (Lipinski definition) is 1. The molecule has 0 spiro atoms. The minimum Gasteiger partial charge on any atom is -0.478 e. The van der Waals surface area contributed by atoms with Gasteiger partial charge in [-0.05, 0) is 25.1 Å². The molecule has 0 aliphatic rings. The second kappa shape index (κ2) is 4.24. The van der Waals surface area contributed by atoms with E-state index in [4.69, 9.17) is 5.11 Å². The largest absolute Gasteiger partial charge is 0.478 e. The molecule has 0 radical (unpaired) electrons. The molecule has 0 bridgehead atoms. The molecule has 1 aromatic carbocycles. The molecule has 0 aliphatic carbocycles. The molecule has 0 saturated carbocycles. The standard InChI is InChI=1S/C13H11N3O3/c1-8-11(15-19-14-8)7-16-6-5-9-10(13(17)18)3-2-4-12(9)16/h2-6H,7H2,1H3,(H,17,18). The average Bonchev–Trinajstić information content (AvgIpc) is 2.97. The van der Waals surface area contributed by atoms with Crippen LogP contribution in [0.25, 0.3) is 10.9 Å². The minimum absolute atomic E-state index is 0.297. The van der Waals surface area contributed by atoms with Crippen LogP contribution in [0, 0.1) is 6.92 Å². The second-order valence-electron chi connectivity index (χ2n) is 4.28. The number of aromatic nitrogens is 3. The van der Waals surface area contributed by atoms with Crippen molar-refractivity contribution in [2.75, 3.05) is 0 Å². The lowest BCUT2D eigenvalue weighted by Crippen LogP contribution is -2.01. The molecular formula is C13H11N3O3. The van der Waals surface area contributed by atoms with Gasteiger partial charge in [0.25, 0.3) is 0 Å². The Hall–Kier alpha value is -2.63. The van der Waals surface area contributed by atoms with Crippen molar-refractivity contribution in [2.45, 2.75) is 13.5 Å². The van der Waals surface area contributed by atoms with E-state index in [1.165, 1.54) is 0 Å². The molecule has 0 fully saturated rings. The highest BCUT2D eigenvalue weighted by molar-refractivity contribution is 6.02. The van der Waals surface area contributed by atoms with Gasteiger partial charge >= 0.3 is 5.97 Å². The van der Waals surface area contributed by atoms with Gasteiger partial charge in [-0.3, -0.25) is 0 Å². The summed E-state index contributed by atoms with van der Waals surface area (Å²) in [5, 5.41) is 17.4. The Kier molecular flexibility index (Phi) is 2.56. The Morgan fingerprint density at radius 2 is 2.21 bits per heavy atom. The number of aromatic carboxylic acids is 1. The first-order chi connectivity index (χ1) is 9.16. The summed E-state index contributed by atoms with van der Waals surface area (Å²) in [5.41, 5.74) is 2.61. The van der Waals surface area contributed by atoms with Crippen LogP contribution >= 0.6 is 0 Å². The molecule has 0 unspecified atom stereocenters. The van der Waals surface area contributed by atoms with Crippen molar-refractivity contribution in [1.82, 2.24) is 14.9 Å². The van der Waals surface area contributed by atoms with E-state index in [0.29, 0.717) is 17.5 Å². The number of aryl methyl sites for hydroxylation is 1. The summed E-state index contributed by atoms with van der Waals surface area (Å²) in [6, 6.07) is 7.00. The van der Waals surface area contributed by atoms with Crippen LogP contribution in [0.5, 0.6) is 0 Å². The number of carboxylic acid groups (broad SMARTS) is 1. The zero-order valence-electron chi connectivity index (χ0n) is 10.2. The summed E-state index contributed by atoms with van der Waals surface area (Å²) >= 11 is 0. The molecule has 19 heavy (non-hydrogen) atoms. The third-order valence-corrected chi connectivity index (χ3v) is 3.11. The van der Waals surface area contributed by atoms with E-state index in [1.807, 2.05) is 23.8 Å². The van der Waals surface area contributed by atoms with E-state index in [9.17, 15) is 4.79 Å². The lowest BCUT2D eigenvalue weighted by molar-refractivity contribution is 0.0699. The number of benzene rings is 1. The van der Waals surface area contributed by atoms with Crippen LogP contribution in [0.15, 0.2) is 35.1 Å². The quantitative estimate of drug-likeness (QED) is 0.776. The Balaban J connectivity index is 2.09. The van der Waals surface area contributed by atoms with Crippen molar-refractivity contribution >= 4 is 16.9 Å². The summed E-state index contributed by atoms with van der Waals surface area (Å²) in [4.78, 5) is 11.1. The van der Waals surface area contributed by atoms with Gasteiger partial charge in [0.1, 0.15) is 11.4 Å². The molecule has 2 heterocycles. The molecule has 0 saturated heterocycles. The molecule has 6 heteroatoms. The molecule has 0 atom stereocenters. The van der Waals surface area contributed by atoms with Gasteiger partial charge in [-0.1, -0.05) is 16.4 Å². The third-order valence-electron chi connectivity index (χ3n) is 3.11. The first-order valence-electron chi connectivity index (χ1n) is 5.76. The third kappa shape index (κ3) is 1.87. The smallest absolute Gasteiger partial charge is 0.336 e. The van der Waals surface area contributed by atoms with Gasteiger partial charge in [-0.2, -0.15) is 0 Å². The van der Waals surface area contributed by atoms with Gasteiger partial charge in [-0.25, -0.2) is 9.42 Å². The lowest BCUT2D eigenvalue weighted by Gasteiger charge is -2.03. The van der Waals surface area contributed by atoms with Gasteiger partial charge < -0.3 is 9.67 Å². The van der Waals surface area contributed by atoms with Crippen LogP contribution in [0.4, 0.5) is 0 Å². The Morgan fingerprint density at radius 3 is 2.89 bits per heavy atom. The summed E-state index contributed by atoms with van der Waals surface area (Å²) in [7, 11) is 0. The molecule has 6 nitrogen and oxygen atoms in total. The summed E-state index contributed by atoms with van der Waals surface area (Å²) < 4.78 is 6.59. The fourth-order valence-electron chi connectivity index (χ4n) is 2.10. The van der Waals surface area contributed by atoms with Crippen molar-refractivity contribution in [2.24, 2.45) is 0 Å². The van der Waals surface area contributed by atoms with Crippen molar-refractivity contribution in [3.8, 4) is 0 Å². The summed E-state index contributed by atoms with van der Waals surface area (Å²) in [6.07, 6.45) is 1.84. The van der Waals surface area contributed by atoms with E-state index in [0.717, 1.165) is 16.9 Å². The summed E-state index contributed by atoms with van der Waals surface area (Å²) in [5.74, 6) is -0.928. The van der Waals surface area contributed by atoms with Gasteiger partial charge in [-0.15, -0.1) is 0 Å². The number of carboxylic acids is 1. The fraction of sp³-hybridized carbons (Fsp3) is 0.154. The average molecular weight is 257 g/mol. The van der Waals surface area contributed by atoms with Crippen molar-refractivity contribution < 1.29 is 14.5 Å². The zero-order chi connectivity index (χ0) is 13.4. The molecule has 2 aromatic heterocycles. The van der Waals surface area contributed by atoms with Gasteiger partial charge in [0.15, 0.2) is 0 Å². The van der Waals surface area contributed by atoms with Crippen LogP contribution in [-0.4, -0.2) is 26.0 Å². The highest BCUT2D eigenvalue weighted by Gasteiger charge is 2.12. The minimum atomic E-state index is -0.928. The second-order valence-corrected chi connectivity index (χ2v) is 4.28. The van der Waals surface area contributed by atoms with E-state index < -0.39 is 5.97 Å².